The predicted octanol–water partition coefficient (Wildman–Crippen LogP) is 7.78. The SMILES string of the molecule is CCCCCCCCCCOc1ccc(C=NNc2nc(-c3ccccc3)cs2)cc1. The van der Waals surface area contributed by atoms with Crippen molar-refractivity contribution in [2.75, 3.05) is 12.0 Å². The fourth-order valence-electron chi connectivity index (χ4n) is 3.30. The number of aromatic nitrogens is 1. The average molecular weight is 436 g/mol. The first-order valence-corrected chi connectivity index (χ1v) is 12.3. The Bertz CT molecular complexity index is 891. The van der Waals surface area contributed by atoms with Gasteiger partial charge in [-0.05, 0) is 36.2 Å². The van der Waals surface area contributed by atoms with E-state index in [2.05, 4.69) is 34.6 Å². The van der Waals surface area contributed by atoms with E-state index in [9.17, 15) is 0 Å². The predicted molar refractivity (Wildman–Crippen MR) is 133 cm³/mol. The van der Waals surface area contributed by atoms with Gasteiger partial charge in [0.05, 0.1) is 18.5 Å². The molecule has 3 rings (SSSR count). The molecule has 0 fully saturated rings. The molecule has 0 bridgehead atoms. The molecule has 31 heavy (non-hydrogen) atoms. The molecule has 0 saturated carbocycles. The molecule has 0 aliphatic rings. The Hall–Kier alpha value is -2.66. The van der Waals surface area contributed by atoms with Crippen molar-refractivity contribution in [3.8, 4) is 17.0 Å². The van der Waals surface area contributed by atoms with Crippen LogP contribution in [0.3, 0.4) is 0 Å². The summed E-state index contributed by atoms with van der Waals surface area (Å²) in [6.07, 6.45) is 12.3. The van der Waals surface area contributed by atoms with Crippen LogP contribution in [-0.2, 0) is 0 Å². The lowest BCUT2D eigenvalue weighted by atomic mass is 10.1. The van der Waals surface area contributed by atoms with E-state index in [1.54, 1.807) is 17.6 Å². The summed E-state index contributed by atoms with van der Waals surface area (Å²) in [6, 6.07) is 18.2. The smallest absolute Gasteiger partial charge is 0.203 e. The van der Waals surface area contributed by atoms with Gasteiger partial charge in [0, 0.05) is 10.9 Å². The lowest BCUT2D eigenvalue weighted by molar-refractivity contribution is 0.304. The van der Waals surface area contributed by atoms with Gasteiger partial charge in [0.1, 0.15) is 5.75 Å². The minimum Gasteiger partial charge on any atom is -0.494 e. The number of rotatable bonds is 14. The van der Waals surface area contributed by atoms with Crippen molar-refractivity contribution >= 4 is 22.7 Å². The van der Waals surface area contributed by atoms with E-state index in [-0.39, 0.29) is 0 Å². The van der Waals surface area contributed by atoms with Crippen molar-refractivity contribution in [2.45, 2.75) is 58.3 Å². The number of nitrogens with one attached hydrogen (secondary N) is 1. The first kappa shape index (κ1) is 23.0. The second-order valence-corrected chi connectivity index (χ2v) is 8.52. The van der Waals surface area contributed by atoms with E-state index in [1.807, 2.05) is 47.8 Å². The zero-order valence-electron chi connectivity index (χ0n) is 18.4. The van der Waals surface area contributed by atoms with E-state index in [1.165, 1.54) is 44.9 Å². The highest BCUT2D eigenvalue weighted by molar-refractivity contribution is 7.14. The molecule has 5 heteroatoms. The molecule has 0 unspecified atom stereocenters. The largest absolute Gasteiger partial charge is 0.494 e. The van der Waals surface area contributed by atoms with Crippen molar-refractivity contribution in [1.82, 2.24) is 4.98 Å². The zero-order valence-corrected chi connectivity index (χ0v) is 19.2. The topological polar surface area (TPSA) is 46.5 Å². The minimum atomic E-state index is 0.778. The molecule has 0 aliphatic carbocycles. The van der Waals surface area contributed by atoms with E-state index in [0.29, 0.717) is 0 Å². The number of benzene rings is 2. The second kappa shape index (κ2) is 13.6. The molecule has 1 heterocycles. The molecule has 3 aromatic rings. The van der Waals surface area contributed by atoms with E-state index < -0.39 is 0 Å². The molecular weight excluding hydrogens is 402 g/mol. The number of thiazole rings is 1. The molecule has 2 aromatic carbocycles. The Morgan fingerprint density at radius 3 is 2.35 bits per heavy atom. The molecule has 0 amide bonds. The number of unbranched alkanes of at least 4 members (excludes halogenated alkanes) is 7. The standard InChI is InChI=1S/C26H33N3OS/c1-2-3-4-5-6-7-8-12-19-30-24-17-15-22(16-18-24)20-27-29-26-28-25(21-31-26)23-13-10-9-11-14-23/h9-11,13-18,20-21H,2-8,12,19H2,1H3,(H,28,29). The quantitative estimate of drug-likeness (QED) is 0.160. The number of hydrogen-bond acceptors (Lipinski definition) is 5. The molecule has 0 aliphatic heterocycles. The third-order valence-electron chi connectivity index (χ3n) is 5.09. The molecule has 1 N–H and O–H groups in total. The number of nitrogens with zero attached hydrogens (tertiary/aromatic N) is 2. The Labute approximate surface area is 190 Å². The highest BCUT2D eigenvalue weighted by atomic mass is 32.1. The summed E-state index contributed by atoms with van der Waals surface area (Å²) >= 11 is 1.55. The summed E-state index contributed by atoms with van der Waals surface area (Å²) < 4.78 is 5.86. The maximum atomic E-state index is 5.86. The van der Waals surface area contributed by atoms with Gasteiger partial charge in [0.15, 0.2) is 0 Å². The molecule has 164 valence electrons. The normalized spacial score (nSPS) is 11.1. The molecule has 0 spiro atoms. The third kappa shape index (κ3) is 8.54. The lowest BCUT2D eigenvalue weighted by Gasteiger charge is -2.06. The Morgan fingerprint density at radius 2 is 1.61 bits per heavy atom. The Morgan fingerprint density at radius 1 is 0.903 bits per heavy atom. The van der Waals surface area contributed by atoms with Crippen LogP contribution >= 0.6 is 11.3 Å². The third-order valence-corrected chi connectivity index (χ3v) is 5.84. The van der Waals surface area contributed by atoms with Crippen LogP contribution in [-0.4, -0.2) is 17.8 Å². The van der Waals surface area contributed by atoms with Crippen molar-refractivity contribution in [3.05, 3.63) is 65.5 Å². The first-order chi connectivity index (χ1) is 15.3. The van der Waals surface area contributed by atoms with Gasteiger partial charge in [-0.2, -0.15) is 5.10 Å². The summed E-state index contributed by atoms with van der Waals surface area (Å²) in [4.78, 5) is 4.57. The number of anilines is 1. The van der Waals surface area contributed by atoms with Gasteiger partial charge >= 0.3 is 0 Å². The first-order valence-electron chi connectivity index (χ1n) is 11.4. The second-order valence-electron chi connectivity index (χ2n) is 7.67. The van der Waals surface area contributed by atoms with Crippen molar-refractivity contribution in [3.63, 3.8) is 0 Å². The lowest BCUT2D eigenvalue weighted by Crippen LogP contribution is -1.97. The van der Waals surface area contributed by atoms with Crippen LogP contribution < -0.4 is 10.2 Å². The summed E-state index contributed by atoms with van der Waals surface area (Å²) in [6.45, 7) is 3.05. The Balaban J connectivity index is 1.33. The maximum absolute atomic E-state index is 5.86. The van der Waals surface area contributed by atoms with Crippen LogP contribution in [0.1, 0.15) is 63.9 Å². The van der Waals surface area contributed by atoms with Crippen LogP contribution in [0.25, 0.3) is 11.3 Å². The fraction of sp³-hybridized carbons (Fsp3) is 0.385. The Kier molecular flexibility index (Phi) is 10.1. The average Bonchev–Trinajstić information content (AvgIpc) is 3.28. The van der Waals surface area contributed by atoms with E-state index in [4.69, 9.17) is 4.74 Å². The van der Waals surface area contributed by atoms with Crippen molar-refractivity contribution < 1.29 is 4.74 Å². The minimum absolute atomic E-state index is 0.778. The van der Waals surface area contributed by atoms with Gasteiger partial charge in [-0.25, -0.2) is 4.98 Å². The highest BCUT2D eigenvalue weighted by Gasteiger charge is 2.03. The molecular formula is C26H33N3OS. The molecule has 4 nitrogen and oxygen atoms in total. The zero-order chi connectivity index (χ0) is 21.6. The van der Waals surface area contributed by atoms with Gasteiger partial charge in [0.25, 0.3) is 0 Å². The number of ether oxygens (including phenoxy) is 1. The molecule has 0 atom stereocenters. The van der Waals surface area contributed by atoms with Gasteiger partial charge < -0.3 is 4.74 Å². The van der Waals surface area contributed by atoms with Crippen LogP contribution in [0.2, 0.25) is 0 Å². The van der Waals surface area contributed by atoms with E-state index in [0.717, 1.165) is 40.7 Å². The van der Waals surface area contributed by atoms with Crippen molar-refractivity contribution in [1.29, 1.82) is 0 Å². The fourth-order valence-corrected chi connectivity index (χ4v) is 3.97. The maximum Gasteiger partial charge on any atom is 0.203 e. The molecule has 1 aromatic heterocycles. The van der Waals surface area contributed by atoms with Gasteiger partial charge in [-0.1, -0.05) is 82.2 Å². The van der Waals surface area contributed by atoms with Crippen LogP contribution in [0.4, 0.5) is 5.13 Å². The van der Waals surface area contributed by atoms with Gasteiger partial charge in [0.2, 0.25) is 5.13 Å². The summed E-state index contributed by atoms with van der Waals surface area (Å²) in [7, 11) is 0. The summed E-state index contributed by atoms with van der Waals surface area (Å²) in [5.41, 5.74) is 6.10. The number of hydrogen-bond donors (Lipinski definition) is 1. The summed E-state index contributed by atoms with van der Waals surface area (Å²) in [5.74, 6) is 0.917. The summed E-state index contributed by atoms with van der Waals surface area (Å²) in [5, 5.41) is 7.11. The van der Waals surface area contributed by atoms with Gasteiger partial charge in [-0.3, -0.25) is 5.43 Å². The van der Waals surface area contributed by atoms with Crippen LogP contribution in [0, 0.1) is 0 Å². The van der Waals surface area contributed by atoms with Crippen LogP contribution in [0.15, 0.2) is 65.1 Å². The monoisotopic (exact) mass is 435 g/mol. The van der Waals surface area contributed by atoms with Crippen molar-refractivity contribution in [2.24, 2.45) is 5.10 Å². The van der Waals surface area contributed by atoms with E-state index >= 15 is 0 Å². The molecule has 0 saturated heterocycles. The molecule has 0 radical (unpaired) electrons. The van der Waals surface area contributed by atoms with Crippen LogP contribution in [0.5, 0.6) is 5.75 Å². The number of hydrazone groups is 1. The highest BCUT2D eigenvalue weighted by Crippen LogP contribution is 2.24. The van der Waals surface area contributed by atoms with Gasteiger partial charge in [-0.15, -0.1) is 11.3 Å².